The number of benzene rings is 1. The molecule has 0 fully saturated rings. The number of ether oxygens (including phenoxy) is 1. The van der Waals surface area contributed by atoms with Gasteiger partial charge in [-0.25, -0.2) is 4.98 Å². The minimum Gasteiger partial charge on any atom is -0.481 e. The molecule has 0 atom stereocenters. The predicted octanol–water partition coefficient (Wildman–Crippen LogP) is 3.03. The molecule has 18 heavy (non-hydrogen) atoms. The van der Waals surface area contributed by atoms with Crippen molar-refractivity contribution < 1.29 is 4.74 Å². The quantitative estimate of drug-likeness (QED) is 0.899. The van der Waals surface area contributed by atoms with E-state index < -0.39 is 0 Å². The number of nitrogens with zero attached hydrogens (tertiary/aromatic N) is 1. The minimum absolute atomic E-state index is 0.668. The summed E-state index contributed by atoms with van der Waals surface area (Å²) < 4.78 is 5.20. The van der Waals surface area contributed by atoms with Gasteiger partial charge < -0.3 is 10.1 Å². The van der Waals surface area contributed by atoms with Crippen LogP contribution in [0, 0.1) is 0 Å². The normalized spacial score (nSPS) is 10.3. The van der Waals surface area contributed by atoms with Crippen molar-refractivity contribution in [3.05, 3.63) is 58.7 Å². The zero-order chi connectivity index (χ0) is 12.8. The van der Waals surface area contributed by atoms with E-state index in [1.165, 1.54) is 5.56 Å². The zero-order valence-electron chi connectivity index (χ0n) is 10.2. The first kappa shape index (κ1) is 12.9. The Bertz CT molecular complexity index is 499. The van der Waals surface area contributed by atoms with Crippen LogP contribution in [0.3, 0.4) is 0 Å². The highest BCUT2D eigenvalue weighted by Gasteiger charge is 2.02. The van der Waals surface area contributed by atoms with Gasteiger partial charge in [0.05, 0.1) is 7.11 Å². The molecule has 0 saturated heterocycles. The number of hydrogen-bond acceptors (Lipinski definition) is 3. The summed E-state index contributed by atoms with van der Waals surface area (Å²) in [4.78, 5) is 4.15. The van der Waals surface area contributed by atoms with E-state index in [0.29, 0.717) is 5.88 Å². The summed E-state index contributed by atoms with van der Waals surface area (Å²) in [7, 11) is 1.63. The molecule has 1 heterocycles. The van der Waals surface area contributed by atoms with E-state index in [1.807, 2.05) is 36.4 Å². The van der Waals surface area contributed by atoms with Gasteiger partial charge in [-0.05, 0) is 23.8 Å². The molecule has 2 rings (SSSR count). The summed E-state index contributed by atoms with van der Waals surface area (Å²) in [6, 6.07) is 11.7. The first-order chi connectivity index (χ1) is 8.79. The molecule has 1 aromatic carbocycles. The van der Waals surface area contributed by atoms with Gasteiger partial charge in [0.25, 0.3) is 0 Å². The molecular weight excluding hydrogens is 248 g/mol. The average molecular weight is 263 g/mol. The van der Waals surface area contributed by atoms with Crippen LogP contribution in [0.25, 0.3) is 0 Å². The van der Waals surface area contributed by atoms with E-state index in [9.17, 15) is 0 Å². The van der Waals surface area contributed by atoms with Gasteiger partial charge >= 0.3 is 0 Å². The molecule has 0 aliphatic rings. The summed E-state index contributed by atoms with van der Waals surface area (Å²) in [6.07, 6.45) is 1.72. The third-order valence-corrected chi connectivity index (χ3v) is 2.85. The highest BCUT2D eigenvalue weighted by atomic mass is 35.5. The van der Waals surface area contributed by atoms with Crippen LogP contribution in [0.1, 0.15) is 11.1 Å². The smallest absolute Gasteiger partial charge is 0.217 e. The number of methoxy groups -OCH3 is 1. The van der Waals surface area contributed by atoms with Crippen LogP contribution in [0.2, 0.25) is 5.02 Å². The van der Waals surface area contributed by atoms with Crippen molar-refractivity contribution in [1.29, 1.82) is 0 Å². The summed E-state index contributed by atoms with van der Waals surface area (Å²) in [5.41, 5.74) is 2.25. The molecule has 0 bridgehead atoms. The van der Waals surface area contributed by atoms with Gasteiger partial charge in [0.2, 0.25) is 5.88 Å². The van der Waals surface area contributed by atoms with Gasteiger partial charge in [-0.3, -0.25) is 0 Å². The minimum atomic E-state index is 0.668. The van der Waals surface area contributed by atoms with E-state index in [1.54, 1.807) is 13.3 Å². The van der Waals surface area contributed by atoms with Gasteiger partial charge in [0, 0.05) is 29.9 Å². The lowest BCUT2D eigenvalue weighted by atomic mass is 10.2. The third-order valence-electron chi connectivity index (χ3n) is 2.60. The first-order valence-electron chi connectivity index (χ1n) is 5.72. The highest BCUT2D eigenvalue weighted by molar-refractivity contribution is 6.30. The average Bonchev–Trinajstić information content (AvgIpc) is 2.41. The SMILES string of the molecule is COc1ncccc1CNCc1ccc(Cl)cc1. The molecule has 2 aromatic rings. The van der Waals surface area contributed by atoms with Crippen molar-refractivity contribution in [2.45, 2.75) is 13.1 Å². The standard InChI is InChI=1S/C14H15ClN2O/c1-18-14-12(3-2-8-17-14)10-16-9-11-4-6-13(15)7-5-11/h2-8,16H,9-10H2,1H3. The Morgan fingerprint density at radius 1 is 1.17 bits per heavy atom. The molecule has 0 aliphatic carbocycles. The van der Waals surface area contributed by atoms with Gasteiger partial charge in [0.15, 0.2) is 0 Å². The molecule has 0 unspecified atom stereocenters. The molecule has 0 aliphatic heterocycles. The Balaban J connectivity index is 1.90. The number of halogens is 1. The fraction of sp³-hybridized carbons (Fsp3) is 0.214. The number of hydrogen-bond donors (Lipinski definition) is 1. The van der Waals surface area contributed by atoms with Gasteiger partial charge in [-0.15, -0.1) is 0 Å². The Morgan fingerprint density at radius 2 is 1.94 bits per heavy atom. The Kier molecular flexibility index (Phi) is 4.56. The summed E-state index contributed by atoms with van der Waals surface area (Å²) in [5.74, 6) is 0.668. The van der Waals surface area contributed by atoms with Crippen LogP contribution in [0.5, 0.6) is 5.88 Å². The monoisotopic (exact) mass is 262 g/mol. The van der Waals surface area contributed by atoms with E-state index in [4.69, 9.17) is 16.3 Å². The second-order valence-electron chi connectivity index (χ2n) is 3.90. The fourth-order valence-electron chi connectivity index (χ4n) is 1.69. The van der Waals surface area contributed by atoms with Crippen molar-refractivity contribution in [3.8, 4) is 5.88 Å². The predicted molar refractivity (Wildman–Crippen MR) is 72.8 cm³/mol. The molecule has 94 valence electrons. The number of pyridine rings is 1. The van der Waals surface area contributed by atoms with Crippen LogP contribution in [0.4, 0.5) is 0 Å². The largest absolute Gasteiger partial charge is 0.481 e. The molecule has 0 radical (unpaired) electrons. The van der Waals surface area contributed by atoms with E-state index in [2.05, 4.69) is 10.3 Å². The highest BCUT2D eigenvalue weighted by Crippen LogP contribution is 2.13. The van der Waals surface area contributed by atoms with Crippen molar-refractivity contribution >= 4 is 11.6 Å². The maximum Gasteiger partial charge on any atom is 0.217 e. The van der Waals surface area contributed by atoms with Crippen molar-refractivity contribution in [1.82, 2.24) is 10.3 Å². The van der Waals surface area contributed by atoms with Crippen LogP contribution < -0.4 is 10.1 Å². The summed E-state index contributed by atoms with van der Waals surface area (Å²) in [5, 5.41) is 4.11. The molecular formula is C14H15ClN2O. The Hall–Kier alpha value is -1.58. The lowest BCUT2D eigenvalue weighted by Gasteiger charge is -2.08. The van der Waals surface area contributed by atoms with Crippen molar-refractivity contribution in [3.63, 3.8) is 0 Å². The Morgan fingerprint density at radius 3 is 2.67 bits per heavy atom. The summed E-state index contributed by atoms with van der Waals surface area (Å²) >= 11 is 5.84. The van der Waals surface area contributed by atoms with Crippen LogP contribution in [-0.4, -0.2) is 12.1 Å². The van der Waals surface area contributed by atoms with Crippen molar-refractivity contribution in [2.24, 2.45) is 0 Å². The fourth-order valence-corrected chi connectivity index (χ4v) is 1.81. The number of nitrogens with one attached hydrogen (secondary N) is 1. The molecule has 3 nitrogen and oxygen atoms in total. The van der Waals surface area contributed by atoms with Gasteiger partial charge in [0.1, 0.15) is 0 Å². The maximum atomic E-state index is 5.84. The van der Waals surface area contributed by atoms with E-state index in [-0.39, 0.29) is 0 Å². The van der Waals surface area contributed by atoms with Crippen LogP contribution >= 0.6 is 11.6 Å². The lowest BCUT2D eigenvalue weighted by molar-refractivity contribution is 0.390. The van der Waals surface area contributed by atoms with Crippen molar-refractivity contribution in [2.75, 3.05) is 7.11 Å². The second kappa shape index (κ2) is 6.38. The molecule has 1 aromatic heterocycles. The zero-order valence-corrected chi connectivity index (χ0v) is 10.9. The van der Waals surface area contributed by atoms with Gasteiger partial charge in [-0.2, -0.15) is 0 Å². The topological polar surface area (TPSA) is 34.1 Å². The number of rotatable bonds is 5. The van der Waals surface area contributed by atoms with Crippen LogP contribution in [0.15, 0.2) is 42.6 Å². The Labute approximate surface area is 112 Å². The molecule has 0 saturated carbocycles. The van der Waals surface area contributed by atoms with Gasteiger partial charge in [-0.1, -0.05) is 29.8 Å². The van der Waals surface area contributed by atoms with E-state index in [0.717, 1.165) is 23.7 Å². The first-order valence-corrected chi connectivity index (χ1v) is 6.10. The van der Waals surface area contributed by atoms with E-state index >= 15 is 0 Å². The maximum absolute atomic E-state index is 5.84. The number of aromatic nitrogens is 1. The molecule has 4 heteroatoms. The second-order valence-corrected chi connectivity index (χ2v) is 4.34. The summed E-state index contributed by atoms with van der Waals surface area (Å²) in [6.45, 7) is 1.51. The molecule has 1 N–H and O–H groups in total. The third kappa shape index (κ3) is 3.45. The lowest BCUT2D eigenvalue weighted by Crippen LogP contribution is -2.13. The molecule has 0 amide bonds. The van der Waals surface area contributed by atoms with Crippen LogP contribution in [-0.2, 0) is 13.1 Å². The molecule has 0 spiro atoms.